The summed E-state index contributed by atoms with van der Waals surface area (Å²) in [5.74, 6) is -0.388. The largest absolute Gasteiger partial charge is 0.372 e. The van der Waals surface area contributed by atoms with E-state index < -0.39 is 4.92 Å². The Balaban J connectivity index is 1.72. The Labute approximate surface area is 154 Å². The minimum absolute atomic E-state index is 0.117. The van der Waals surface area contributed by atoms with Crippen LogP contribution in [0, 0.1) is 10.1 Å². The van der Waals surface area contributed by atoms with Gasteiger partial charge < -0.3 is 10.2 Å². The molecular formula is C18H18BrN3O3. The summed E-state index contributed by atoms with van der Waals surface area (Å²) in [6.07, 6.45) is 3.70. The number of carbonyl (C=O) groups excluding carboxylic acids is 1. The van der Waals surface area contributed by atoms with E-state index >= 15 is 0 Å². The maximum atomic E-state index is 12.4. The second kappa shape index (κ2) is 7.65. The maximum absolute atomic E-state index is 12.4. The van der Waals surface area contributed by atoms with Crippen LogP contribution in [0.1, 0.15) is 29.6 Å². The molecule has 1 fully saturated rings. The van der Waals surface area contributed by atoms with Gasteiger partial charge in [-0.15, -0.1) is 0 Å². The van der Waals surface area contributed by atoms with Crippen molar-refractivity contribution in [1.29, 1.82) is 0 Å². The Hall–Kier alpha value is -2.41. The molecule has 1 saturated heterocycles. The molecule has 3 rings (SSSR count). The standard InChI is InChI=1S/C18H18BrN3O3/c19-17-9-8-15(22(24)25)12-16(17)18(23)20-13-4-6-14(7-5-13)21-10-2-1-3-11-21/h4-9,12H,1-3,10-11H2,(H,20,23). The minimum atomic E-state index is -0.517. The molecule has 6 nitrogen and oxygen atoms in total. The number of nitrogens with one attached hydrogen (secondary N) is 1. The molecule has 7 heteroatoms. The highest BCUT2D eigenvalue weighted by atomic mass is 79.9. The third-order valence-electron chi connectivity index (χ3n) is 4.25. The van der Waals surface area contributed by atoms with Gasteiger partial charge in [-0.05, 0) is 65.5 Å². The number of anilines is 2. The van der Waals surface area contributed by atoms with E-state index in [-0.39, 0.29) is 17.2 Å². The Kier molecular flexibility index (Phi) is 5.33. The summed E-state index contributed by atoms with van der Waals surface area (Å²) in [7, 11) is 0. The third-order valence-corrected chi connectivity index (χ3v) is 4.94. The van der Waals surface area contributed by atoms with Crippen LogP contribution in [0.5, 0.6) is 0 Å². The molecule has 0 saturated carbocycles. The number of piperidine rings is 1. The average Bonchev–Trinajstić information content (AvgIpc) is 2.63. The third kappa shape index (κ3) is 4.17. The fraction of sp³-hybridized carbons (Fsp3) is 0.278. The van der Waals surface area contributed by atoms with Crippen molar-refractivity contribution in [2.45, 2.75) is 19.3 Å². The summed E-state index contributed by atoms with van der Waals surface area (Å²) in [6, 6.07) is 11.8. The summed E-state index contributed by atoms with van der Waals surface area (Å²) in [6.45, 7) is 2.12. The number of amides is 1. The first-order valence-electron chi connectivity index (χ1n) is 8.15. The Morgan fingerprint density at radius 3 is 2.40 bits per heavy atom. The number of nitro benzene ring substituents is 1. The fourth-order valence-electron chi connectivity index (χ4n) is 2.91. The van der Waals surface area contributed by atoms with Crippen molar-refractivity contribution in [3.05, 3.63) is 62.6 Å². The lowest BCUT2D eigenvalue weighted by molar-refractivity contribution is -0.384. The zero-order chi connectivity index (χ0) is 17.8. The van der Waals surface area contributed by atoms with Crippen LogP contribution in [0.3, 0.4) is 0 Å². The van der Waals surface area contributed by atoms with Gasteiger partial charge in [0.2, 0.25) is 0 Å². The molecule has 0 spiro atoms. The molecule has 0 aromatic heterocycles. The predicted molar refractivity (Wildman–Crippen MR) is 101 cm³/mol. The molecule has 130 valence electrons. The summed E-state index contributed by atoms with van der Waals surface area (Å²) in [5.41, 5.74) is 1.92. The molecule has 1 N–H and O–H groups in total. The maximum Gasteiger partial charge on any atom is 0.270 e. The smallest absolute Gasteiger partial charge is 0.270 e. The average molecular weight is 404 g/mol. The van der Waals surface area contributed by atoms with Crippen LogP contribution < -0.4 is 10.2 Å². The van der Waals surface area contributed by atoms with Crippen molar-refractivity contribution in [3.8, 4) is 0 Å². The molecule has 1 heterocycles. The van der Waals surface area contributed by atoms with Gasteiger partial charge in [0.15, 0.2) is 0 Å². The molecule has 0 aliphatic carbocycles. The van der Waals surface area contributed by atoms with E-state index in [9.17, 15) is 14.9 Å². The van der Waals surface area contributed by atoms with Crippen molar-refractivity contribution in [2.24, 2.45) is 0 Å². The molecule has 2 aromatic carbocycles. The number of carbonyl (C=O) groups is 1. The number of non-ortho nitro benzene ring substituents is 1. The van der Waals surface area contributed by atoms with Crippen molar-refractivity contribution in [3.63, 3.8) is 0 Å². The Morgan fingerprint density at radius 2 is 1.76 bits per heavy atom. The zero-order valence-electron chi connectivity index (χ0n) is 13.6. The molecule has 0 bridgehead atoms. The number of halogens is 1. The van der Waals surface area contributed by atoms with Gasteiger partial charge in [-0.2, -0.15) is 0 Å². The summed E-state index contributed by atoms with van der Waals surface area (Å²) in [5, 5.41) is 13.7. The van der Waals surface area contributed by atoms with Crippen molar-refractivity contribution < 1.29 is 9.72 Å². The van der Waals surface area contributed by atoms with Gasteiger partial charge in [0, 0.05) is 41.1 Å². The Morgan fingerprint density at radius 1 is 1.08 bits per heavy atom. The van der Waals surface area contributed by atoms with Crippen molar-refractivity contribution in [2.75, 3.05) is 23.3 Å². The first kappa shape index (κ1) is 17.4. The van der Waals surface area contributed by atoms with E-state index in [1.165, 1.54) is 37.5 Å². The fourth-order valence-corrected chi connectivity index (χ4v) is 3.33. The van der Waals surface area contributed by atoms with Crippen molar-refractivity contribution in [1.82, 2.24) is 0 Å². The molecule has 2 aromatic rings. The summed E-state index contributed by atoms with van der Waals surface area (Å²) >= 11 is 3.27. The lowest BCUT2D eigenvalue weighted by Crippen LogP contribution is -2.29. The first-order valence-corrected chi connectivity index (χ1v) is 8.94. The quantitative estimate of drug-likeness (QED) is 0.597. The second-order valence-corrected chi connectivity index (χ2v) is 6.82. The van der Waals surface area contributed by atoms with Crippen LogP contribution in [0.25, 0.3) is 0 Å². The van der Waals surface area contributed by atoms with Gasteiger partial charge in [-0.3, -0.25) is 14.9 Å². The SMILES string of the molecule is O=C(Nc1ccc(N2CCCCC2)cc1)c1cc([N+](=O)[O-])ccc1Br. The monoisotopic (exact) mass is 403 g/mol. The van der Waals surface area contributed by atoms with Crippen LogP contribution in [-0.4, -0.2) is 23.9 Å². The normalized spacial score (nSPS) is 14.2. The van der Waals surface area contributed by atoms with E-state index in [2.05, 4.69) is 26.1 Å². The first-order chi connectivity index (χ1) is 12.0. The molecule has 1 aliphatic rings. The second-order valence-electron chi connectivity index (χ2n) is 5.97. The van der Waals surface area contributed by atoms with Gasteiger partial charge in [0.05, 0.1) is 10.5 Å². The molecule has 25 heavy (non-hydrogen) atoms. The predicted octanol–water partition coefficient (Wildman–Crippen LogP) is 4.60. The molecule has 0 unspecified atom stereocenters. The van der Waals surface area contributed by atoms with E-state index in [0.29, 0.717) is 10.2 Å². The van der Waals surface area contributed by atoms with E-state index in [1.807, 2.05) is 24.3 Å². The molecular weight excluding hydrogens is 386 g/mol. The number of rotatable bonds is 4. The van der Waals surface area contributed by atoms with Gasteiger partial charge in [-0.25, -0.2) is 0 Å². The van der Waals surface area contributed by atoms with Crippen LogP contribution in [0.2, 0.25) is 0 Å². The van der Waals surface area contributed by atoms with Gasteiger partial charge in [0.1, 0.15) is 0 Å². The van der Waals surface area contributed by atoms with Gasteiger partial charge in [0.25, 0.3) is 11.6 Å². The zero-order valence-corrected chi connectivity index (χ0v) is 15.2. The van der Waals surface area contributed by atoms with Crippen LogP contribution in [0.15, 0.2) is 46.9 Å². The number of nitrogens with zero attached hydrogens (tertiary/aromatic N) is 2. The molecule has 1 amide bonds. The lowest BCUT2D eigenvalue weighted by atomic mass is 10.1. The summed E-state index contributed by atoms with van der Waals surface area (Å²) < 4.78 is 0.514. The van der Waals surface area contributed by atoms with Crippen molar-refractivity contribution >= 4 is 38.9 Å². The van der Waals surface area contributed by atoms with E-state index in [4.69, 9.17) is 0 Å². The van der Waals surface area contributed by atoms with Gasteiger partial charge >= 0.3 is 0 Å². The highest BCUT2D eigenvalue weighted by Gasteiger charge is 2.16. The van der Waals surface area contributed by atoms with Gasteiger partial charge in [-0.1, -0.05) is 0 Å². The highest BCUT2D eigenvalue weighted by Crippen LogP contribution is 2.25. The molecule has 1 aliphatic heterocycles. The van der Waals surface area contributed by atoms with Crippen LogP contribution in [-0.2, 0) is 0 Å². The van der Waals surface area contributed by atoms with Crippen LogP contribution in [0.4, 0.5) is 17.1 Å². The molecule has 0 radical (unpaired) electrons. The van der Waals surface area contributed by atoms with E-state index in [1.54, 1.807) is 0 Å². The Bertz CT molecular complexity index is 787. The number of benzene rings is 2. The lowest BCUT2D eigenvalue weighted by Gasteiger charge is -2.28. The van der Waals surface area contributed by atoms with E-state index in [0.717, 1.165) is 18.8 Å². The summed E-state index contributed by atoms with van der Waals surface area (Å²) in [4.78, 5) is 25.1. The number of nitro groups is 1. The number of hydrogen-bond donors (Lipinski definition) is 1. The number of hydrogen-bond acceptors (Lipinski definition) is 4. The highest BCUT2D eigenvalue weighted by molar-refractivity contribution is 9.10. The van der Waals surface area contributed by atoms with Crippen LogP contribution >= 0.6 is 15.9 Å². The topological polar surface area (TPSA) is 75.5 Å². The minimum Gasteiger partial charge on any atom is -0.372 e. The molecule has 0 atom stereocenters.